The number of nitrogens with two attached hydrogens (primary N) is 1. The van der Waals surface area contributed by atoms with Crippen LogP contribution in [-0.2, 0) is 19.6 Å². The lowest BCUT2D eigenvalue weighted by Crippen LogP contribution is -2.27. The summed E-state index contributed by atoms with van der Waals surface area (Å²) in [5.74, 6) is -0.488. The normalized spacial score (nSPS) is 11.5. The fourth-order valence-electron chi connectivity index (χ4n) is 1.85. The second kappa shape index (κ2) is 6.06. The Labute approximate surface area is 122 Å². The van der Waals surface area contributed by atoms with Gasteiger partial charge in [-0.2, -0.15) is 0 Å². The molecule has 0 bridgehead atoms. The molecular formula is C13H15N3O4S. The number of methoxy groups -OCH3 is 1. The Morgan fingerprint density at radius 3 is 2.86 bits per heavy atom. The Kier molecular flexibility index (Phi) is 4.39. The number of ether oxygens (including phenoxy) is 1. The molecule has 0 radical (unpaired) electrons. The molecule has 0 saturated carbocycles. The number of esters is 1. The Hall–Kier alpha value is -2.19. The third-order valence-corrected chi connectivity index (χ3v) is 4.40. The van der Waals surface area contributed by atoms with E-state index >= 15 is 0 Å². The highest BCUT2D eigenvalue weighted by atomic mass is 32.2. The number of nitrogen functional groups attached to an aromatic ring is 1. The maximum atomic E-state index is 12.3. The molecule has 1 aromatic heterocycles. The van der Waals surface area contributed by atoms with Gasteiger partial charge in [0.2, 0.25) is 10.0 Å². The molecule has 7 nitrogen and oxygen atoms in total. The molecule has 1 heterocycles. The van der Waals surface area contributed by atoms with E-state index in [1.807, 2.05) is 0 Å². The Balaban J connectivity index is 2.33. The number of sulfonamides is 1. The van der Waals surface area contributed by atoms with Gasteiger partial charge in [-0.25, -0.2) is 13.1 Å². The van der Waals surface area contributed by atoms with Gasteiger partial charge >= 0.3 is 5.97 Å². The minimum Gasteiger partial charge on any atom is -0.469 e. The number of rotatable bonds is 5. The first kappa shape index (κ1) is 15.2. The highest BCUT2D eigenvalue weighted by Gasteiger charge is 2.19. The highest BCUT2D eigenvalue weighted by molar-refractivity contribution is 7.89. The van der Waals surface area contributed by atoms with Gasteiger partial charge in [-0.3, -0.25) is 9.78 Å². The maximum absolute atomic E-state index is 12.3. The van der Waals surface area contributed by atoms with Crippen LogP contribution in [0.5, 0.6) is 0 Å². The molecule has 0 atom stereocenters. The Morgan fingerprint density at radius 1 is 1.38 bits per heavy atom. The number of nitrogens with one attached hydrogen (secondary N) is 1. The number of hydrogen-bond donors (Lipinski definition) is 2. The van der Waals surface area contributed by atoms with Gasteiger partial charge < -0.3 is 10.5 Å². The van der Waals surface area contributed by atoms with E-state index in [9.17, 15) is 13.2 Å². The second-order valence-electron chi connectivity index (χ2n) is 4.28. The second-order valence-corrected chi connectivity index (χ2v) is 6.01. The quantitative estimate of drug-likeness (QED) is 0.620. The van der Waals surface area contributed by atoms with Crippen molar-refractivity contribution in [1.29, 1.82) is 0 Å². The number of anilines is 1. The lowest BCUT2D eigenvalue weighted by molar-refractivity contribution is -0.140. The fourth-order valence-corrected chi connectivity index (χ4v) is 3.04. The van der Waals surface area contributed by atoms with Crippen LogP contribution >= 0.6 is 0 Å². The van der Waals surface area contributed by atoms with E-state index in [-0.39, 0.29) is 17.9 Å². The molecule has 0 aliphatic heterocycles. The van der Waals surface area contributed by atoms with Crippen LogP contribution in [-0.4, -0.2) is 33.0 Å². The molecule has 112 valence electrons. The topological polar surface area (TPSA) is 111 Å². The van der Waals surface area contributed by atoms with Crippen molar-refractivity contribution < 1.29 is 17.9 Å². The van der Waals surface area contributed by atoms with Crippen LogP contribution in [0, 0.1) is 0 Å². The van der Waals surface area contributed by atoms with Crippen molar-refractivity contribution in [1.82, 2.24) is 9.71 Å². The molecule has 0 aliphatic carbocycles. The van der Waals surface area contributed by atoms with Gasteiger partial charge in [-0.05, 0) is 24.3 Å². The van der Waals surface area contributed by atoms with E-state index in [1.54, 1.807) is 12.1 Å². The van der Waals surface area contributed by atoms with E-state index in [0.29, 0.717) is 16.6 Å². The van der Waals surface area contributed by atoms with E-state index in [0.717, 1.165) is 0 Å². The summed E-state index contributed by atoms with van der Waals surface area (Å²) in [6.45, 7) is -0.0479. The van der Waals surface area contributed by atoms with E-state index < -0.39 is 16.0 Å². The first-order chi connectivity index (χ1) is 9.95. The maximum Gasteiger partial charge on any atom is 0.306 e. The van der Waals surface area contributed by atoms with Gasteiger partial charge in [0.15, 0.2) is 0 Å². The molecule has 0 saturated heterocycles. The molecule has 0 aliphatic rings. The zero-order valence-electron chi connectivity index (χ0n) is 11.4. The standard InChI is InChI=1S/C13H15N3O4S/c1-20-12(17)6-8-16-21(18,19)11-5-4-10(14)9-3-2-7-15-13(9)11/h2-5,7,16H,6,8,14H2,1H3. The van der Waals surface area contributed by atoms with Gasteiger partial charge in [-0.1, -0.05) is 0 Å². The smallest absolute Gasteiger partial charge is 0.306 e. The molecule has 2 rings (SSSR count). The van der Waals surface area contributed by atoms with Crippen molar-refractivity contribution in [3.8, 4) is 0 Å². The van der Waals surface area contributed by atoms with Crippen LogP contribution in [0.2, 0.25) is 0 Å². The van der Waals surface area contributed by atoms with Crippen molar-refractivity contribution in [3.63, 3.8) is 0 Å². The predicted octanol–water partition coefficient (Wildman–Crippen LogP) is 0.658. The summed E-state index contributed by atoms with van der Waals surface area (Å²) in [6.07, 6.45) is 1.45. The molecule has 3 N–H and O–H groups in total. The van der Waals surface area contributed by atoms with E-state index in [1.165, 1.54) is 25.4 Å². The number of fused-ring (bicyclic) bond motifs is 1. The minimum atomic E-state index is -3.78. The predicted molar refractivity (Wildman–Crippen MR) is 78.0 cm³/mol. The van der Waals surface area contributed by atoms with Crippen molar-refractivity contribution in [3.05, 3.63) is 30.5 Å². The number of aromatic nitrogens is 1. The number of benzene rings is 1. The van der Waals surface area contributed by atoms with Crippen LogP contribution in [0.3, 0.4) is 0 Å². The molecule has 21 heavy (non-hydrogen) atoms. The molecule has 8 heteroatoms. The number of carbonyl (C=O) groups is 1. The molecular weight excluding hydrogens is 294 g/mol. The third kappa shape index (κ3) is 3.29. The zero-order valence-corrected chi connectivity index (χ0v) is 12.2. The molecule has 0 unspecified atom stereocenters. The van der Waals surface area contributed by atoms with E-state index in [4.69, 9.17) is 5.73 Å². The van der Waals surface area contributed by atoms with Crippen LogP contribution in [0.25, 0.3) is 10.9 Å². The van der Waals surface area contributed by atoms with Gasteiger partial charge in [0, 0.05) is 23.8 Å². The lowest BCUT2D eigenvalue weighted by Gasteiger charge is -2.09. The summed E-state index contributed by atoms with van der Waals surface area (Å²) in [4.78, 5) is 15.1. The van der Waals surface area contributed by atoms with Crippen LogP contribution in [0.15, 0.2) is 35.4 Å². The monoisotopic (exact) mass is 309 g/mol. The summed E-state index contributed by atoms with van der Waals surface area (Å²) in [5, 5.41) is 0.563. The molecule has 0 spiro atoms. The van der Waals surface area contributed by atoms with Crippen molar-refractivity contribution in [2.24, 2.45) is 0 Å². The summed E-state index contributed by atoms with van der Waals surface area (Å²) in [7, 11) is -2.54. The van der Waals surface area contributed by atoms with Crippen LogP contribution in [0.4, 0.5) is 5.69 Å². The van der Waals surface area contributed by atoms with Crippen LogP contribution < -0.4 is 10.5 Å². The summed E-state index contributed by atoms with van der Waals surface area (Å²) in [5.41, 5.74) is 6.55. The minimum absolute atomic E-state index is 0.0252. The summed E-state index contributed by atoms with van der Waals surface area (Å²) in [6, 6.07) is 6.29. The summed E-state index contributed by atoms with van der Waals surface area (Å²) < 4.78 is 31.4. The number of hydrogen-bond acceptors (Lipinski definition) is 6. The Bertz CT molecular complexity index is 774. The number of carbonyl (C=O) groups excluding carboxylic acids is 1. The lowest BCUT2D eigenvalue weighted by atomic mass is 10.2. The average Bonchev–Trinajstić information content (AvgIpc) is 2.47. The SMILES string of the molecule is COC(=O)CCNS(=O)(=O)c1ccc(N)c2cccnc12. The number of nitrogens with zero attached hydrogens (tertiary/aromatic N) is 1. The highest BCUT2D eigenvalue weighted by Crippen LogP contribution is 2.25. The van der Waals surface area contributed by atoms with Crippen LogP contribution in [0.1, 0.15) is 6.42 Å². The average molecular weight is 309 g/mol. The fraction of sp³-hybridized carbons (Fsp3) is 0.231. The van der Waals surface area contributed by atoms with E-state index in [2.05, 4.69) is 14.4 Å². The first-order valence-electron chi connectivity index (χ1n) is 6.15. The third-order valence-electron chi connectivity index (χ3n) is 2.90. The molecule has 0 fully saturated rings. The van der Waals surface area contributed by atoms with Gasteiger partial charge in [-0.15, -0.1) is 0 Å². The first-order valence-corrected chi connectivity index (χ1v) is 7.63. The zero-order chi connectivity index (χ0) is 15.5. The molecule has 0 amide bonds. The molecule has 2 aromatic rings. The Morgan fingerprint density at radius 2 is 2.14 bits per heavy atom. The largest absolute Gasteiger partial charge is 0.469 e. The van der Waals surface area contributed by atoms with Crippen molar-refractivity contribution in [2.45, 2.75) is 11.3 Å². The van der Waals surface area contributed by atoms with Crippen molar-refractivity contribution in [2.75, 3.05) is 19.4 Å². The van der Waals surface area contributed by atoms with Crippen molar-refractivity contribution >= 4 is 32.6 Å². The summed E-state index contributed by atoms with van der Waals surface area (Å²) >= 11 is 0. The molecule has 1 aromatic carbocycles. The number of pyridine rings is 1. The van der Waals surface area contributed by atoms with Gasteiger partial charge in [0.1, 0.15) is 4.90 Å². The van der Waals surface area contributed by atoms with Gasteiger partial charge in [0.25, 0.3) is 0 Å². The van der Waals surface area contributed by atoms with Gasteiger partial charge in [0.05, 0.1) is 19.0 Å².